The molecule has 0 aromatic heterocycles. The lowest BCUT2D eigenvalue weighted by Crippen LogP contribution is -2.16. The highest BCUT2D eigenvalue weighted by Crippen LogP contribution is 2.31. The van der Waals surface area contributed by atoms with Crippen LogP contribution in [0.15, 0.2) is 36.4 Å². The van der Waals surface area contributed by atoms with Crippen molar-refractivity contribution in [2.45, 2.75) is 39.3 Å². The van der Waals surface area contributed by atoms with E-state index in [4.69, 9.17) is 4.74 Å². The summed E-state index contributed by atoms with van der Waals surface area (Å²) < 4.78 is 20.0. The zero-order valence-electron chi connectivity index (χ0n) is 12.4. The lowest BCUT2D eigenvalue weighted by Gasteiger charge is -2.14. The molecule has 2 nitrogen and oxygen atoms in total. The van der Waals surface area contributed by atoms with Crippen LogP contribution >= 0.6 is 0 Å². The molecule has 3 heteroatoms. The number of benzene rings is 2. The second-order valence-corrected chi connectivity index (χ2v) is 5.75. The van der Waals surface area contributed by atoms with Gasteiger partial charge >= 0.3 is 0 Å². The molecule has 0 amide bonds. The second-order valence-electron chi connectivity index (χ2n) is 5.75. The van der Waals surface area contributed by atoms with E-state index >= 15 is 0 Å². The summed E-state index contributed by atoms with van der Waals surface area (Å²) in [6.45, 7) is 4.61. The first-order chi connectivity index (χ1) is 10.1. The van der Waals surface area contributed by atoms with Crippen LogP contribution in [0, 0.1) is 19.7 Å². The zero-order chi connectivity index (χ0) is 14.8. The number of nitrogens with one attached hydrogen (secondary N) is 1. The number of para-hydroxylation sites is 1. The lowest BCUT2D eigenvalue weighted by molar-refractivity contribution is 0.430. The molecule has 0 radical (unpaired) electrons. The molecule has 1 aliphatic carbocycles. The van der Waals surface area contributed by atoms with Gasteiger partial charge in [0.1, 0.15) is 5.75 Å². The Kier molecular flexibility index (Phi) is 3.93. The Morgan fingerprint density at radius 3 is 2.76 bits per heavy atom. The lowest BCUT2D eigenvalue weighted by atomic mass is 10.1. The number of aryl methyl sites for hydroxylation is 2. The summed E-state index contributed by atoms with van der Waals surface area (Å²) in [6, 6.07) is 11.6. The van der Waals surface area contributed by atoms with Gasteiger partial charge in [0, 0.05) is 18.2 Å². The summed E-state index contributed by atoms with van der Waals surface area (Å²) in [4.78, 5) is 0. The molecule has 110 valence electrons. The highest BCUT2D eigenvalue weighted by atomic mass is 19.1. The molecule has 0 spiro atoms. The van der Waals surface area contributed by atoms with Crippen molar-refractivity contribution < 1.29 is 9.13 Å². The van der Waals surface area contributed by atoms with Crippen LogP contribution in [0.2, 0.25) is 0 Å². The molecular formula is C18H20FNO. The third-order valence-electron chi connectivity index (χ3n) is 3.76. The van der Waals surface area contributed by atoms with Gasteiger partial charge in [-0.15, -0.1) is 0 Å². The van der Waals surface area contributed by atoms with E-state index in [9.17, 15) is 4.39 Å². The largest absolute Gasteiger partial charge is 0.454 e. The van der Waals surface area contributed by atoms with Gasteiger partial charge in [0.05, 0.1) is 0 Å². The van der Waals surface area contributed by atoms with Crippen LogP contribution in [0.4, 0.5) is 4.39 Å². The molecule has 0 aliphatic heterocycles. The molecule has 1 aliphatic rings. The molecule has 3 rings (SSSR count). The molecule has 21 heavy (non-hydrogen) atoms. The van der Waals surface area contributed by atoms with Gasteiger partial charge in [0.2, 0.25) is 0 Å². The number of ether oxygens (including phenoxy) is 1. The van der Waals surface area contributed by atoms with E-state index in [1.807, 2.05) is 38.1 Å². The molecule has 0 unspecified atom stereocenters. The number of hydrogen-bond donors (Lipinski definition) is 1. The van der Waals surface area contributed by atoms with Gasteiger partial charge in [-0.1, -0.05) is 24.3 Å². The van der Waals surface area contributed by atoms with Gasteiger partial charge in [-0.3, -0.25) is 0 Å². The molecule has 0 saturated heterocycles. The normalized spacial score (nSPS) is 14.2. The predicted molar refractivity (Wildman–Crippen MR) is 82.3 cm³/mol. The Morgan fingerprint density at radius 1 is 1.19 bits per heavy atom. The van der Waals surface area contributed by atoms with Crippen molar-refractivity contribution in [1.29, 1.82) is 0 Å². The minimum absolute atomic E-state index is 0.314. The fourth-order valence-corrected chi connectivity index (χ4v) is 2.28. The Labute approximate surface area is 125 Å². The highest BCUT2D eigenvalue weighted by Gasteiger charge is 2.21. The molecule has 0 atom stereocenters. The van der Waals surface area contributed by atoms with Crippen LogP contribution in [0.1, 0.15) is 29.5 Å². The van der Waals surface area contributed by atoms with Gasteiger partial charge in [-0.25, -0.2) is 4.39 Å². The van der Waals surface area contributed by atoms with Gasteiger partial charge in [0.25, 0.3) is 0 Å². The molecule has 2 aromatic rings. The highest BCUT2D eigenvalue weighted by molar-refractivity contribution is 5.43. The maximum atomic E-state index is 14.2. The van der Waals surface area contributed by atoms with Crippen molar-refractivity contribution in [3.8, 4) is 11.5 Å². The van der Waals surface area contributed by atoms with Crippen LogP contribution in [0.5, 0.6) is 11.5 Å². The third kappa shape index (κ3) is 3.42. The zero-order valence-corrected chi connectivity index (χ0v) is 12.4. The van der Waals surface area contributed by atoms with Gasteiger partial charge < -0.3 is 10.1 Å². The number of halogens is 1. The van der Waals surface area contributed by atoms with Gasteiger partial charge in [-0.2, -0.15) is 0 Å². The van der Waals surface area contributed by atoms with Crippen molar-refractivity contribution in [2.75, 3.05) is 0 Å². The predicted octanol–water partition coefficient (Wildman–Crippen LogP) is 4.49. The third-order valence-corrected chi connectivity index (χ3v) is 3.76. The summed E-state index contributed by atoms with van der Waals surface area (Å²) in [5.74, 6) is 0.734. The maximum Gasteiger partial charge on any atom is 0.167 e. The molecule has 1 saturated carbocycles. The number of hydrogen-bond acceptors (Lipinski definition) is 2. The van der Waals surface area contributed by atoms with Crippen LogP contribution in [-0.2, 0) is 6.54 Å². The van der Waals surface area contributed by atoms with Crippen LogP contribution in [0.25, 0.3) is 0 Å². The summed E-state index contributed by atoms with van der Waals surface area (Å²) in [5.41, 5.74) is 2.97. The Morgan fingerprint density at radius 2 is 2.00 bits per heavy atom. The number of rotatable bonds is 5. The maximum absolute atomic E-state index is 14.2. The van der Waals surface area contributed by atoms with Gasteiger partial charge in [-0.05, 0) is 49.9 Å². The van der Waals surface area contributed by atoms with E-state index in [1.165, 1.54) is 18.9 Å². The Balaban J connectivity index is 1.87. The standard InChI is InChI=1S/C18H20FNO/c1-12-6-7-13(2)17(10-12)21-18-14(4-3-5-16(18)19)11-20-15-8-9-15/h3-7,10,15,20H,8-9,11H2,1-2H3. The Hall–Kier alpha value is -1.87. The van der Waals surface area contributed by atoms with E-state index in [2.05, 4.69) is 5.32 Å². The van der Waals surface area contributed by atoms with Crippen molar-refractivity contribution in [3.05, 3.63) is 58.9 Å². The molecule has 0 bridgehead atoms. The fourth-order valence-electron chi connectivity index (χ4n) is 2.28. The average molecular weight is 285 g/mol. The summed E-state index contributed by atoms with van der Waals surface area (Å²) in [6.07, 6.45) is 2.42. The Bertz CT molecular complexity index is 650. The van der Waals surface area contributed by atoms with Crippen LogP contribution < -0.4 is 10.1 Å². The molecular weight excluding hydrogens is 265 g/mol. The smallest absolute Gasteiger partial charge is 0.167 e. The quantitative estimate of drug-likeness (QED) is 0.874. The second kappa shape index (κ2) is 5.86. The first-order valence-electron chi connectivity index (χ1n) is 7.39. The summed E-state index contributed by atoms with van der Waals surface area (Å²) >= 11 is 0. The van der Waals surface area contributed by atoms with Crippen LogP contribution in [-0.4, -0.2) is 6.04 Å². The monoisotopic (exact) mass is 285 g/mol. The molecule has 1 fully saturated rings. The van der Waals surface area contributed by atoms with E-state index < -0.39 is 0 Å². The average Bonchev–Trinajstić information content (AvgIpc) is 3.27. The molecule has 2 aromatic carbocycles. The SMILES string of the molecule is Cc1ccc(C)c(Oc2c(F)cccc2CNC2CC2)c1. The van der Waals surface area contributed by atoms with E-state index in [0.29, 0.717) is 24.1 Å². The topological polar surface area (TPSA) is 21.3 Å². The minimum atomic E-state index is -0.314. The van der Waals surface area contributed by atoms with Crippen molar-refractivity contribution in [1.82, 2.24) is 5.32 Å². The van der Waals surface area contributed by atoms with E-state index in [0.717, 1.165) is 16.7 Å². The fraction of sp³-hybridized carbons (Fsp3) is 0.333. The van der Waals surface area contributed by atoms with Crippen molar-refractivity contribution in [3.63, 3.8) is 0 Å². The van der Waals surface area contributed by atoms with E-state index in [1.54, 1.807) is 6.07 Å². The summed E-state index contributed by atoms with van der Waals surface area (Å²) in [7, 11) is 0. The van der Waals surface area contributed by atoms with Crippen molar-refractivity contribution in [2.24, 2.45) is 0 Å². The molecule has 1 N–H and O–H groups in total. The first-order valence-corrected chi connectivity index (χ1v) is 7.39. The summed E-state index contributed by atoms with van der Waals surface area (Å²) in [5, 5.41) is 3.41. The first kappa shape index (κ1) is 14.1. The minimum Gasteiger partial charge on any atom is -0.454 e. The van der Waals surface area contributed by atoms with E-state index in [-0.39, 0.29) is 5.82 Å². The molecule has 0 heterocycles. The van der Waals surface area contributed by atoms with Crippen LogP contribution in [0.3, 0.4) is 0 Å². The van der Waals surface area contributed by atoms with Gasteiger partial charge in [0.15, 0.2) is 11.6 Å². The van der Waals surface area contributed by atoms with Crippen molar-refractivity contribution >= 4 is 0 Å².